The molecule has 2 aliphatic rings. The predicted molar refractivity (Wildman–Crippen MR) is 75.0 cm³/mol. The maximum atomic E-state index is 11.4. The fraction of sp³-hybridized carbons (Fsp3) is 0.615. The molecule has 2 fully saturated rings. The van der Waals surface area contributed by atoms with Crippen LogP contribution in [0.15, 0.2) is 18.2 Å². The number of anilines is 1. The molecule has 1 saturated carbocycles. The summed E-state index contributed by atoms with van der Waals surface area (Å²) in [7, 11) is -2.83. The highest BCUT2D eigenvalue weighted by Crippen LogP contribution is 2.20. The molecule has 1 saturated heterocycles. The number of sulfone groups is 1. The lowest BCUT2D eigenvalue weighted by Gasteiger charge is -2.27. The zero-order valence-corrected chi connectivity index (χ0v) is 11.7. The maximum absolute atomic E-state index is 11.4. The molecule has 0 amide bonds. The van der Waals surface area contributed by atoms with Crippen molar-refractivity contribution in [3.63, 3.8) is 0 Å². The van der Waals surface area contributed by atoms with Gasteiger partial charge >= 0.3 is 0 Å². The van der Waals surface area contributed by atoms with Gasteiger partial charge in [0.1, 0.15) is 5.82 Å². The van der Waals surface area contributed by atoms with E-state index in [1.165, 1.54) is 12.8 Å². The first kappa shape index (κ1) is 12.9. The molecule has 1 aliphatic heterocycles. The maximum Gasteiger partial charge on any atom is 0.153 e. The number of rotatable bonds is 4. The van der Waals surface area contributed by atoms with Gasteiger partial charge in [-0.25, -0.2) is 13.4 Å². The fourth-order valence-corrected chi connectivity index (χ4v) is 3.42. The summed E-state index contributed by atoms with van der Waals surface area (Å²) in [5, 5.41) is 3.44. The van der Waals surface area contributed by atoms with Crippen LogP contribution >= 0.6 is 0 Å². The largest absolute Gasteiger partial charge is 0.355 e. The summed E-state index contributed by atoms with van der Waals surface area (Å²) in [4.78, 5) is 6.67. The normalized spacial score (nSPS) is 22.4. The quantitative estimate of drug-likeness (QED) is 0.874. The summed E-state index contributed by atoms with van der Waals surface area (Å²) in [6.45, 7) is 1.90. The Morgan fingerprint density at radius 2 is 2.00 bits per heavy atom. The second-order valence-electron chi connectivity index (χ2n) is 5.28. The number of pyridine rings is 1. The van der Waals surface area contributed by atoms with E-state index >= 15 is 0 Å². The fourth-order valence-electron chi connectivity index (χ4n) is 2.22. The first-order valence-corrected chi connectivity index (χ1v) is 8.59. The third-order valence-corrected chi connectivity index (χ3v) is 5.22. The van der Waals surface area contributed by atoms with Crippen molar-refractivity contribution in [3.05, 3.63) is 23.9 Å². The van der Waals surface area contributed by atoms with Crippen LogP contribution in [0.2, 0.25) is 0 Å². The van der Waals surface area contributed by atoms with Crippen molar-refractivity contribution in [1.82, 2.24) is 10.3 Å². The molecule has 5 nitrogen and oxygen atoms in total. The van der Waals surface area contributed by atoms with Crippen molar-refractivity contribution < 1.29 is 8.42 Å². The summed E-state index contributed by atoms with van der Waals surface area (Å²) in [5.41, 5.74) is 1.03. The van der Waals surface area contributed by atoms with E-state index in [-0.39, 0.29) is 11.5 Å². The molecule has 0 radical (unpaired) electrons. The van der Waals surface area contributed by atoms with Gasteiger partial charge in [-0.1, -0.05) is 6.07 Å². The highest BCUT2D eigenvalue weighted by atomic mass is 32.2. The van der Waals surface area contributed by atoms with Gasteiger partial charge in [0, 0.05) is 25.7 Å². The van der Waals surface area contributed by atoms with Gasteiger partial charge in [0.2, 0.25) is 0 Å². The molecule has 3 rings (SSSR count). The second kappa shape index (κ2) is 5.09. The summed E-state index contributed by atoms with van der Waals surface area (Å²) in [6.07, 6.45) is 2.54. The molecule has 104 valence electrons. The van der Waals surface area contributed by atoms with Crippen molar-refractivity contribution in [3.8, 4) is 0 Å². The van der Waals surface area contributed by atoms with Crippen molar-refractivity contribution in [2.45, 2.75) is 25.4 Å². The Balaban J connectivity index is 1.65. The Bertz CT molecular complexity index is 541. The Morgan fingerprint density at radius 3 is 2.68 bits per heavy atom. The average molecular weight is 281 g/mol. The van der Waals surface area contributed by atoms with Crippen LogP contribution in [0.25, 0.3) is 0 Å². The van der Waals surface area contributed by atoms with Crippen LogP contribution in [0, 0.1) is 0 Å². The minimum Gasteiger partial charge on any atom is -0.355 e. The second-order valence-corrected chi connectivity index (χ2v) is 7.58. The van der Waals surface area contributed by atoms with Crippen LogP contribution < -0.4 is 10.2 Å². The van der Waals surface area contributed by atoms with Gasteiger partial charge in [0.15, 0.2) is 9.84 Å². The Hall–Kier alpha value is -1.14. The van der Waals surface area contributed by atoms with Crippen LogP contribution in [0.4, 0.5) is 5.82 Å². The third kappa shape index (κ3) is 3.45. The number of aromatic nitrogens is 1. The third-order valence-electron chi connectivity index (χ3n) is 3.61. The molecule has 1 aliphatic carbocycles. The van der Waals surface area contributed by atoms with Crippen molar-refractivity contribution in [1.29, 1.82) is 0 Å². The number of hydrogen-bond donors (Lipinski definition) is 1. The van der Waals surface area contributed by atoms with Gasteiger partial charge in [-0.2, -0.15) is 0 Å². The van der Waals surface area contributed by atoms with E-state index in [0.29, 0.717) is 19.1 Å². The molecule has 0 unspecified atom stereocenters. The van der Waals surface area contributed by atoms with Crippen LogP contribution in [0.5, 0.6) is 0 Å². The molecule has 0 spiro atoms. The van der Waals surface area contributed by atoms with Crippen LogP contribution in [-0.4, -0.2) is 44.0 Å². The highest BCUT2D eigenvalue weighted by molar-refractivity contribution is 7.91. The topological polar surface area (TPSA) is 62.3 Å². The molecule has 6 heteroatoms. The summed E-state index contributed by atoms with van der Waals surface area (Å²) >= 11 is 0. The Kier molecular flexibility index (Phi) is 3.45. The molecule has 0 atom stereocenters. The molecule has 1 N–H and O–H groups in total. The zero-order chi connectivity index (χ0) is 13.3. The van der Waals surface area contributed by atoms with Crippen LogP contribution in [0.1, 0.15) is 18.5 Å². The molecule has 0 bridgehead atoms. The lowest BCUT2D eigenvalue weighted by atomic mass is 10.3. The van der Waals surface area contributed by atoms with Crippen molar-refractivity contribution in [2.75, 3.05) is 29.5 Å². The van der Waals surface area contributed by atoms with E-state index < -0.39 is 9.84 Å². The summed E-state index contributed by atoms with van der Waals surface area (Å²) in [5.74, 6) is 1.36. The lowest BCUT2D eigenvalue weighted by molar-refractivity contribution is 0.586. The first-order chi connectivity index (χ1) is 9.12. The molecular weight excluding hydrogens is 262 g/mol. The van der Waals surface area contributed by atoms with Gasteiger partial charge in [-0.3, -0.25) is 0 Å². The average Bonchev–Trinajstić information content (AvgIpc) is 3.21. The van der Waals surface area contributed by atoms with E-state index in [9.17, 15) is 8.42 Å². The van der Waals surface area contributed by atoms with E-state index in [1.54, 1.807) is 0 Å². The van der Waals surface area contributed by atoms with Gasteiger partial charge in [-0.05, 0) is 25.0 Å². The van der Waals surface area contributed by atoms with Gasteiger partial charge in [-0.15, -0.1) is 0 Å². The Morgan fingerprint density at radius 1 is 1.26 bits per heavy atom. The van der Waals surface area contributed by atoms with Gasteiger partial charge in [0.25, 0.3) is 0 Å². The minimum atomic E-state index is -2.83. The van der Waals surface area contributed by atoms with Crippen molar-refractivity contribution >= 4 is 15.7 Å². The lowest BCUT2D eigenvalue weighted by Crippen LogP contribution is -2.40. The molecule has 1 aromatic rings. The van der Waals surface area contributed by atoms with E-state index in [1.807, 2.05) is 18.2 Å². The Labute approximate surface area is 113 Å². The molecule has 19 heavy (non-hydrogen) atoms. The van der Waals surface area contributed by atoms with E-state index in [2.05, 4.69) is 15.2 Å². The molecule has 0 aromatic carbocycles. The smallest absolute Gasteiger partial charge is 0.153 e. The standard InChI is InChI=1S/C13H19N3O2S/c17-19(18)8-6-16(7-9-19)13-3-1-2-12(15-13)10-14-11-4-5-11/h1-3,11,14H,4-10H2. The number of nitrogens with zero attached hydrogens (tertiary/aromatic N) is 2. The van der Waals surface area contributed by atoms with Crippen molar-refractivity contribution in [2.24, 2.45) is 0 Å². The van der Waals surface area contributed by atoms with E-state index in [0.717, 1.165) is 18.1 Å². The van der Waals surface area contributed by atoms with E-state index in [4.69, 9.17) is 0 Å². The zero-order valence-electron chi connectivity index (χ0n) is 10.9. The molecule has 1 aromatic heterocycles. The molecule has 2 heterocycles. The number of hydrogen-bond acceptors (Lipinski definition) is 5. The first-order valence-electron chi connectivity index (χ1n) is 6.77. The molecular formula is C13H19N3O2S. The minimum absolute atomic E-state index is 0.235. The highest BCUT2D eigenvalue weighted by Gasteiger charge is 2.23. The predicted octanol–water partition coefficient (Wildman–Crippen LogP) is 0.568. The SMILES string of the molecule is O=S1(=O)CCN(c2cccc(CNC3CC3)n2)CC1. The van der Waals surface area contributed by atoms with Crippen LogP contribution in [0.3, 0.4) is 0 Å². The van der Waals surface area contributed by atoms with Crippen LogP contribution in [-0.2, 0) is 16.4 Å². The number of nitrogens with one attached hydrogen (secondary N) is 1. The van der Waals surface area contributed by atoms with Gasteiger partial charge < -0.3 is 10.2 Å². The monoisotopic (exact) mass is 281 g/mol. The van der Waals surface area contributed by atoms with Gasteiger partial charge in [0.05, 0.1) is 17.2 Å². The summed E-state index contributed by atoms with van der Waals surface area (Å²) in [6, 6.07) is 6.64. The summed E-state index contributed by atoms with van der Waals surface area (Å²) < 4.78 is 22.8.